The van der Waals surface area contributed by atoms with Gasteiger partial charge in [0, 0.05) is 12.8 Å². The summed E-state index contributed by atoms with van der Waals surface area (Å²) in [6.45, 7) is 1.07. The van der Waals surface area contributed by atoms with Gasteiger partial charge in [-0.3, -0.25) is 0 Å². The standard InChI is InChI=1S/C14H16N2O4/c15-9-11-12(10-16)20-14(6-2-4-8-18-14)13(19-11)5-1-3-7-17-13/h1-8H2/t13-,14-/m1/s1. The lowest BCUT2D eigenvalue weighted by Crippen LogP contribution is -2.64. The van der Waals surface area contributed by atoms with Gasteiger partial charge in [-0.15, -0.1) is 0 Å². The van der Waals surface area contributed by atoms with Crippen LogP contribution in [0.1, 0.15) is 38.5 Å². The maximum absolute atomic E-state index is 9.13. The van der Waals surface area contributed by atoms with Crippen molar-refractivity contribution in [3.8, 4) is 12.1 Å². The molecule has 2 fully saturated rings. The summed E-state index contributed by atoms with van der Waals surface area (Å²) in [5, 5.41) is 18.3. The number of hydrogen-bond acceptors (Lipinski definition) is 6. The Balaban J connectivity index is 2.03. The zero-order chi connectivity index (χ0) is 14.1. The quantitative estimate of drug-likeness (QED) is 0.673. The molecule has 0 amide bonds. The summed E-state index contributed by atoms with van der Waals surface area (Å²) in [5.41, 5.74) is 0. The molecule has 2 saturated heterocycles. The molecule has 2 spiro atoms. The summed E-state index contributed by atoms with van der Waals surface area (Å²) in [6.07, 6.45) is 4.90. The van der Waals surface area contributed by atoms with Crippen LogP contribution in [0.4, 0.5) is 0 Å². The van der Waals surface area contributed by atoms with Crippen molar-refractivity contribution >= 4 is 0 Å². The Bertz CT molecular complexity index is 456. The molecule has 20 heavy (non-hydrogen) atoms. The van der Waals surface area contributed by atoms with E-state index in [0.29, 0.717) is 26.1 Å². The van der Waals surface area contributed by atoms with Crippen molar-refractivity contribution in [2.45, 2.75) is 50.1 Å². The summed E-state index contributed by atoms with van der Waals surface area (Å²) in [5.74, 6) is -2.43. The van der Waals surface area contributed by atoms with Crippen LogP contribution >= 0.6 is 0 Å². The molecule has 0 N–H and O–H groups in total. The zero-order valence-corrected chi connectivity index (χ0v) is 11.2. The van der Waals surface area contributed by atoms with E-state index < -0.39 is 11.6 Å². The average molecular weight is 276 g/mol. The van der Waals surface area contributed by atoms with E-state index in [1.165, 1.54) is 0 Å². The van der Waals surface area contributed by atoms with Crippen LogP contribution in [0.15, 0.2) is 11.5 Å². The lowest BCUT2D eigenvalue weighted by atomic mass is 9.89. The third-order valence-corrected chi connectivity index (χ3v) is 3.99. The minimum absolute atomic E-state index is 0.116. The fourth-order valence-electron chi connectivity index (χ4n) is 3.02. The number of rotatable bonds is 0. The SMILES string of the molecule is N#CC1=C(C#N)O[C@]2(CCCCO2)[C@@]2(CCCCO2)O1. The van der Waals surface area contributed by atoms with Crippen LogP contribution in [0.5, 0.6) is 0 Å². The van der Waals surface area contributed by atoms with E-state index in [0.717, 1.165) is 25.7 Å². The second-order valence-corrected chi connectivity index (χ2v) is 5.20. The Morgan fingerprint density at radius 1 is 0.750 bits per heavy atom. The van der Waals surface area contributed by atoms with E-state index >= 15 is 0 Å². The van der Waals surface area contributed by atoms with E-state index in [2.05, 4.69) is 0 Å². The second kappa shape index (κ2) is 4.97. The van der Waals surface area contributed by atoms with Crippen LogP contribution in [0.2, 0.25) is 0 Å². The number of hydrogen-bond donors (Lipinski definition) is 0. The van der Waals surface area contributed by atoms with E-state index in [1.807, 2.05) is 12.1 Å². The molecule has 3 aliphatic heterocycles. The molecule has 3 aliphatic rings. The normalized spacial score (nSPS) is 36.9. The highest BCUT2D eigenvalue weighted by molar-refractivity contribution is 5.31. The predicted molar refractivity (Wildman–Crippen MR) is 65.5 cm³/mol. The Labute approximate surface area is 117 Å². The molecule has 6 nitrogen and oxygen atoms in total. The van der Waals surface area contributed by atoms with Gasteiger partial charge in [0.05, 0.1) is 13.2 Å². The van der Waals surface area contributed by atoms with Crippen LogP contribution in [-0.2, 0) is 18.9 Å². The lowest BCUT2D eigenvalue weighted by molar-refractivity contribution is -0.421. The molecule has 0 aromatic carbocycles. The van der Waals surface area contributed by atoms with E-state index in [4.69, 9.17) is 29.5 Å². The van der Waals surface area contributed by atoms with Gasteiger partial charge in [0.15, 0.2) is 0 Å². The molecule has 0 aliphatic carbocycles. The topological polar surface area (TPSA) is 84.5 Å². The summed E-state index contributed by atoms with van der Waals surface area (Å²) >= 11 is 0. The lowest BCUT2D eigenvalue weighted by Gasteiger charge is -2.52. The largest absolute Gasteiger partial charge is 0.441 e. The molecule has 0 radical (unpaired) electrons. The average Bonchev–Trinajstić information content (AvgIpc) is 2.52. The fourth-order valence-corrected chi connectivity index (χ4v) is 3.02. The van der Waals surface area contributed by atoms with E-state index in [-0.39, 0.29) is 11.5 Å². The van der Waals surface area contributed by atoms with Crippen LogP contribution in [0.25, 0.3) is 0 Å². The highest BCUT2D eigenvalue weighted by Crippen LogP contribution is 2.49. The zero-order valence-electron chi connectivity index (χ0n) is 11.2. The van der Waals surface area contributed by atoms with Crippen molar-refractivity contribution < 1.29 is 18.9 Å². The maximum atomic E-state index is 9.13. The van der Waals surface area contributed by atoms with Crippen molar-refractivity contribution in [2.24, 2.45) is 0 Å². The highest BCUT2D eigenvalue weighted by Gasteiger charge is 2.63. The molecule has 0 bridgehead atoms. The molecule has 0 saturated carbocycles. The van der Waals surface area contributed by atoms with Crippen LogP contribution in [0, 0.1) is 22.7 Å². The van der Waals surface area contributed by atoms with Crippen molar-refractivity contribution in [3.63, 3.8) is 0 Å². The Morgan fingerprint density at radius 3 is 1.50 bits per heavy atom. The van der Waals surface area contributed by atoms with Crippen LogP contribution in [0.3, 0.4) is 0 Å². The van der Waals surface area contributed by atoms with Crippen molar-refractivity contribution in [3.05, 3.63) is 11.5 Å². The van der Waals surface area contributed by atoms with Gasteiger partial charge >= 0.3 is 0 Å². The predicted octanol–water partition coefficient (Wildman–Crippen LogP) is 2.09. The summed E-state index contributed by atoms with van der Waals surface area (Å²) in [4.78, 5) is 0. The third-order valence-electron chi connectivity index (χ3n) is 3.99. The summed E-state index contributed by atoms with van der Waals surface area (Å²) in [7, 11) is 0. The Morgan fingerprint density at radius 2 is 1.20 bits per heavy atom. The monoisotopic (exact) mass is 276 g/mol. The first-order chi connectivity index (χ1) is 9.75. The molecule has 0 aromatic rings. The number of ether oxygens (including phenoxy) is 4. The van der Waals surface area contributed by atoms with Gasteiger partial charge in [0.25, 0.3) is 23.1 Å². The highest BCUT2D eigenvalue weighted by atomic mass is 16.8. The first-order valence-electron chi connectivity index (χ1n) is 6.96. The minimum atomic E-state index is -1.10. The van der Waals surface area contributed by atoms with Gasteiger partial charge in [-0.1, -0.05) is 0 Å². The number of nitrogens with zero attached hydrogens (tertiary/aromatic N) is 2. The molecule has 2 atom stereocenters. The van der Waals surface area contributed by atoms with Crippen molar-refractivity contribution in [1.82, 2.24) is 0 Å². The van der Waals surface area contributed by atoms with Crippen LogP contribution < -0.4 is 0 Å². The van der Waals surface area contributed by atoms with Gasteiger partial charge in [-0.05, 0) is 25.7 Å². The molecule has 6 heteroatoms. The van der Waals surface area contributed by atoms with Gasteiger partial charge in [-0.2, -0.15) is 10.5 Å². The van der Waals surface area contributed by atoms with Crippen molar-refractivity contribution in [2.75, 3.05) is 13.2 Å². The maximum Gasteiger partial charge on any atom is 0.277 e. The first kappa shape index (κ1) is 13.2. The minimum Gasteiger partial charge on any atom is -0.441 e. The molecule has 0 aromatic heterocycles. The number of nitriles is 2. The van der Waals surface area contributed by atoms with Crippen molar-refractivity contribution in [1.29, 1.82) is 10.5 Å². The van der Waals surface area contributed by atoms with Gasteiger partial charge in [0.2, 0.25) is 0 Å². The van der Waals surface area contributed by atoms with E-state index in [9.17, 15) is 0 Å². The fraction of sp³-hybridized carbons (Fsp3) is 0.714. The van der Waals surface area contributed by atoms with Gasteiger partial charge in [-0.25, -0.2) is 0 Å². The third kappa shape index (κ3) is 1.84. The molecule has 3 rings (SSSR count). The number of fused-ring (bicyclic) bond motifs is 1. The summed E-state index contributed by atoms with van der Waals surface area (Å²) < 4.78 is 23.3. The molecule has 3 heterocycles. The van der Waals surface area contributed by atoms with E-state index in [1.54, 1.807) is 0 Å². The Kier molecular flexibility index (Phi) is 3.29. The summed E-state index contributed by atoms with van der Waals surface area (Å²) in [6, 6.07) is 3.75. The molecule has 106 valence electrons. The first-order valence-corrected chi connectivity index (χ1v) is 6.96. The molecular weight excluding hydrogens is 260 g/mol. The van der Waals surface area contributed by atoms with Gasteiger partial charge < -0.3 is 18.9 Å². The van der Waals surface area contributed by atoms with Crippen LogP contribution in [-0.4, -0.2) is 24.8 Å². The Hall–Kier alpha value is -1.76. The number of allylic oxidation sites excluding steroid dienone is 2. The molecule has 0 unspecified atom stereocenters. The second-order valence-electron chi connectivity index (χ2n) is 5.20. The van der Waals surface area contributed by atoms with Gasteiger partial charge in [0.1, 0.15) is 12.1 Å². The smallest absolute Gasteiger partial charge is 0.277 e. The molecular formula is C14H16N2O4.